The van der Waals surface area contributed by atoms with Gasteiger partial charge in [0.2, 0.25) is 0 Å². The number of aryl methyl sites for hydroxylation is 2. The predicted octanol–water partition coefficient (Wildman–Crippen LogP) is 3.43. The van der Waals surface area contributed by atoms with Crippen LogP contribution in [0.3, 0.4) is 0 Å². The van der Waals surface area contributed by atoms with Gasteiger partial charge in [0.25, 0.3) is 5.91 Å². The fourth-order valence-electron chi connectivity index (χ4n) is 2.61. The summed E-state index contributed by atoms with van der Waals surface area (Å²) in [5, 5.41) is 2.83. The maximum absolute atomic E-state index is 12.4. The molecule has 2 aromatic carbocycles. The van der Waals surface area contributed by atoms with E-state index in [9.17, 15) is 9.59 Å². The summed E-state index contributed by atoms with van der Waals surface area (Å²) in [4.78, 5) is 33.0. The molecule has 6 heteroatoms. The molecule has 0 aliphatic heterocycles. The molecule has 0 aliphatic carbocycles. The van der Waals surface area contributed by atoms with Gasteiger partial charge in [-0.2, -0.15) is 0 Å². The van der Waals surface area contributed by atoms with Crippen LogP contribution in [0.2, 0.25) is 0 Å². The van der Waals surface area contributed by atoms with Crippen molar-refractivity contribution in [2.45, 2.75) is 26.9 Å². The van der Waals surface area contributed by atoms with Gasteiger partial charge in [-0.15, -0.1) is 0 Å². The molecule has 132 valence electrons. The highest BCUT2D eigenvalue weighted by Crippen LogP contribution is 2.20. The van der Waals surface area contributed by atoms with Gasteiger partial charge in [0.15, 0.2) is 6.10 Å². The number of aromatic nitrogens is 2. The summed E-state index contributed by atoms with van der Waals surface area (Å²) in [6.07, 6.45) is 2.21. The normalized spacial score (nSPS) is 11.8. The number of anilines is 1. The Morgan fingerprint density at radius 2 is 1.65 bits per heavy atom. The number of nitrogens with zero attached hydrogens (tertiary/aromatic N) is 2. The Labute approximate surface area is 151 Å². The first-order chi connectivity index (χ1) is 12.5. The lowest BCUT2D eigenvalue weighted by Crippen LogP contribution is -2.30. The molecule has 0 aliphatic rings. The van der Waals surface area contributed by atoms with Crippen LogP contribution in [0.15, 0.2) is 48.8 Å². The van der Waals surface area contributed by atoms with Crippen molar-refractivity contribution < 1.29 is 14.3 Å². The minimum absolute atomic E-state index is 0.324. The summed E-state index contributed by atoms with van der Waals surface area (Å²) in [7, 11) is 0. The highest BCUT2D eigenvalue weighted by molar-refractivity contribution is 5.99. The number of para-hydroxylation sites is 1. The Kier molecular flexibility index (Phi) is 4.93. The van der Waals surface area contributed by atoms with E-state index in [1.165, 1.54) is 0 Å². The number of amides is 1. The Morgan fingerprint density at radius 3 is 2.35 bits per heavy atom. The third-order valence-electron chi connectivity index (χ3n) is 4.09. The summed E-state index contributed by atoms with van der Waals surface area (Å²) in [6.45, 7) is 5.37. The van der Waals surface area contributed by atoms with Crippen molar-refractivity contribution >= 4 is 28.6 Å². The second-order valence-electron chi connectivity index (χ2n) is 6.06. The van der Waals surface area contributed by atoms with Gasteiger partial charge in [0.05, 0.1) is 16.6 Å². The zero-order valence-corrected chi connectivity index (χ0v) is 14.8. The molecule has 0 spiro atoms. The fourth-order valence-corrected chi connectivity index (χ4v) is 2.61. The Bertz CT molecular complexity index is 965. The van der Waals surface area contributed by atoms with E-state index in [0.717, 1.165) is 16.8 Å². The van der Waals surface area contributed by atoms with Gasteiger partial charge >= 0.3 is 5.97 Å². The molecule has 1 atom stereocenters. The summed E-state index contributed by atoms with van der Waals surface area (Å²) >= 11 is 0. The lowest BCUT2D eigenvalue weighted by Gasteiger charge is -2.16. The van der Waals surface area contributed by atoms with Crippen LogP contribution in [0.25, 0.3) is 11.0 Å². The van der Waals surface area contributed by atoms with Crippen LogP contribution in [0.4, 0.5) is 5.69 Å². The van der Waals surface area contributed by atoms with E-state index in [4.69, 9.17) is 4.74 Å². The Balaban J connectivity index is 1.70. The molecule has 3 aromatic rings. The average Bonchev–Trinajstić information content (AvgIpc) is 2.64. The van der Waals surface area contributed by atoms with E-state index < -0.39 is 12.1 Å². The van der Waals surface area contributed by atoms with Crippen LogP contribution in [0.5, 0.6) is 0 Å². The third-order valence-corrected chi connectivity index (χ3v) is 4.09. The monoisotopic (exact) mass is 349 g/mol. The Hall–Kier alpha value is -3.28. The van der Waals surface area contributed by atoms with Gasteiger partial charge in [-0.25, -0.2) is 4.79 Å². The first-order valence-electron chi connectivity index (χ1n) is 8.24. The van der Waals surface area contributed by atoms with Crippen LogP contribution >= 0.6 is 0 Å². The molecule has 26 heavy (non-hydrogen) atoms. The number of carbonyl (C=O) groups is 2. The fraction of sp³-hybridized carbons (Fsp3) is 0.200. The number of nitrogens with one attached hydrogen (secondary N) is 1. The summed E-state index contributed by atoms with van der Waals surface area (Å²) in [6, 6.07) is 10.6. The molecule has 1 aromatic heterocycles. The lowest BCUT2D eigenvalue weighted by molar-refractivity contribution is -0.123. The van der Waals surface area contributed by atoms with Gasteiger partial charge in [-0.1, -0.05) is 18.2 Å². The molecule has 3 rings (SSSR count). The van der Waals surface area contributed by atoms with Crippen molar-refractivity contribution in [1.82, 2.24) is 9.97 Å². The van der Waals surface area contributed by atoms with Crippen LogP contribution in [-0.2, 0) is 9.53 Å². The number of fused-ring (bicyclic) bond motifs is 1. The zero-order valence-electron chi connectivity index (χ0n) is 14.8. The van der Waals surface area contributed by atoms with Crippen LogP contribution in [0.1, 0.15) is 28.4 Å². The SMILES string of the molecule is Cc1cccc(C)c1NC(=O)[C@@H](C)OC(=O)c1ccc2nccnc2c1. The van der Waals surface area contributed by atoms with E-state index in [1.807, 2.05) is 32.0 Å². The number of hydrogen-bond donors (Lipinski definition) is 1. The maximum atomic E-state index is 12.4. The quantitative estimate of drug-likeness (QED) is 0.730. The van der Waals surface area contributed by atoms with E-state index in [1.54, 1.807) is 37.5 Å². The maximum Gasteiger partial charge on any atom is 0.338 e. The largest absolute Gasteiger partial charge is 0.449 e. The minimum Gasteiger partial charge on any atom is -0.449 e. The van der Waals surface area contributed by atoms with Crippen molar-refractivity contribution in [2.24, 2.45) is 0 Å². The lowest BCUT2D eigenvalue weighted by atomic mass is 10.1. The van der Waals surface area contributed by atoms with Gasteiger partial charge in [0.1, 0.15) is 0 Å². The Morgan fingerprint density at radius 1 is 1.00 bits per heavy atom. The van der Waals surface area contributed by atoms with Gasteiger partial charge in [0, 0.05) is 18.1 Å². The number of benzene rings is 2. The van der Waals surface area contributed by atoms with Gasteiger partial charge < -0.3 is 10.1 Å². The molecule has 0 bridgehead atoms. The topological polar surface area (TPSA) is 81.2 Å². The summed E-state index contributed by atoms with van der Waals surface area (Å²) in [5.41, 5.74) is 4.24. The highest BCUT2D eigenvalue weighted by atomic mass is 16.5. The van der Waals surface area contributed by atoms with Gasteiger partial charge in [-0.05, 0) is 50.1 Å². The molecule has 1 N–H and O–H groups in total. The van der Waals surface area contributed by atoms with E-state index >= 15 is 0 Å². The van der Waals surface area contributed by atoms with E-state index in [0.29, 0.717) is 16.6 Å². The van der Waals surface area contributed by atoms with Crippen molar-refractivity contribution in [1.29, 1.82) is 0 Å². The second-order valence-corrected chi connectivity index (χ2v) is 6.06. The molecule has 0 unspecified atom stereocenters. The minimum atomic E-state index is -0.931. The number of rotatable bonds is 4. The highest BCUT2D eigenvalue weighted by Gasteiger charge is 2.20. The molecule has 0 saturated carbocycles. The first-order valence-corrected chi connectivity index (χ1v) is 8.24. The zero-order chi connectivity index (χ0) is 18.7. The number of carbonyl (C=O) groups excluding carboxylic acids is 2. The second kappa shape index (κ2) is 7.31. The molecule has 1 amide bonds. The molecule has 1 heterocycles. The number of hydrogen-bond acceptors (Lipinski definition) is 5. The molecule has 6 nitrogen and oxygen atoms in total. The standard InChI is InChI=1S/C20H19N3O3/c1-12-5-4-6-13(2)18(12)23-19(24)14(3)26-20(25)15-7-8-16-17(11-15)22-10-9-21-16/h4-11,14H,1-3H3,(H,23,24)/t14-/m1/s1. The summed E-state index contributed by atoms with van der Waals surface area (Å²) < 4.78 is 5.30. The molecule has 0 saturated heterocycles. The smallest absolute Gasteiger partial charge is 0.338 e. The molecular weight excluding hydrogens is 330 g/mol. The first kappa shape index (κ1) is 17.5. The van der Waals surface area contributed by atoms with Crippen LogP contribution < -0.4 is 5.32 Å². The van der Waals surface area contributed by atoms with Crippen LogP contribution in [0, 0.1) is 13.8 Å². The van der Waals surface area contributed by atoms with Crippen molar-refractivity contribution in [3.05, 3.63) is 65.5 Å². The molecule has 0 radical (unpaired) electrons. The van der Waals surface area contributed by atoms with E-state index in [-0.39, 0.29) is 5.91 Å². The molecule has 0 fully saturated rings. The average molecular weight is 349 g/mol. The van der Waals surface area contributed by atoms with Gasteiger partial charge in [-0.3, -0.25) is 14.8 Å². The van der Waals surface area contributed by atoms with Crippen LogP contribution in [-0.4, -0.2) is 27.9 Å². The number of esters is 1. The van der Waals surface area contributed by atoms with Crippen molar-refractivity contribution in [3.63, 3.8) is 0 Å². The van der Waals surface area contributed by atoms with Crippen molar-refractivity contribution in [3.8, 4) is 0 Å². The third kappa shape index (κ3) is 3.69. The predicted molar refractivity (Wildman–Crippen MR) is 99.0 cm³/mol. The molecular formula is C20H19N3O3. The van der Waals surface area contributed by atoms with E-state index in [2.05, 4.69) is 15.3 Å². The van der Waals surface area contributed by atoms with Crippen molar-refractivity contribution in [2.75, 3.05) is 5.32 Å². The summed E-state index contributed by atoms with van der Waals surface area (Å²) in [5.74, 6) is -0.960. The number of ether oxygens (including phenoxy) is 1.